The highest BCUT2D eigenvalue weighted by atomic mass is 79.9. The van der Waals surface area contributed by atoms with Gasteiger partial charge in [-0.05, 0) is 34.0 Å². The van der Waals surface area contributed by atoms with E-state index in [1.807, 2.05) is 19.3 Å². The van der Waals surface area contributed by atoms with Crippen molar-refractivity contribution >= 4 is 21.7 Å². The Morgan fingerprint density at radius 3 is 2.91 bits per heavy atom. The molecule has 1 heterocycles. The van der Waals surface area contributed by atoms with Crippen LogP contribution >= 0.6 is 15.9 Å². The van der Waals surface area contributed by atoms with Gasteiger partial charge >= 0.3 is 0 Å². The molecule has 0 bridgehead atoms. The summed E-state index contributed by atoms with van der Waals surface area (Å²) in [4.78, 5) is 4.15. The molecule has 1 rings (SSSR count). The third kappa shape index (κ3) is 1.93. The summed E-state index contributed by atoms with van der Waals surface area (Å²) in [6.07, 6.45) is 2.85. The molecule has 1 N–H and O–H groups in total. The molecule has 1 aromatic heterocycles. The normalized spacial score (nSPS) is 9.73. The molecule has 0 saturated carbocycles. The molecule has 0 spiro atoms. The molecule has 2 nitrogen and oxygen atoms in total. The van der Waals surface area contributed by atoms with E-state index in [9.17, 15) is 0 Å². The van der Waals surface area contributed by atoms with Crippen LogP contribution in [-0.2, 0) is 6.42 Å². The van der Waals surface area contributed by atoms with E-state index in [0.717, 1.165) is 16.7 Å². The number of hydrogen-bond acceptors (Lipinski definition) is 2. The topological polar surface area (TPSA) is 24.9 Å². The van der Waals surface area contributed by atoms with E-state index in [0.29, 0.717) is 0 Å². The van der Waals surface area contributed by atoms with Gasteiger partial charge in [0.05, 0.1) is 0 Å². The fraction of sp³-hybridized carbons (Fsp3) is 0.375. The summed E-state index contributed by atoms with van der Waals surface area (Å²) in [5, 5.41) is 3.00. The van der Waals surface area contributed by atoms with Crippen LogP contribution in [0.15, 0.2) is 16.7 Å². The van der Waals surface area contributed by atoms with Gasteiger partial charge in [0.15, 0.2) is 0 Å². The van der Waals surface area contributed by atoms with Crippen LogP contribution in [0.25, 0.3) is 0 Å². The van der Waals surface area contributed by atoms with Crippen LogP contribution in [0, 0.1) is 0 Å². The Kier molecular flexibility index (Phi) is 2.88. The Labute approximate surface area is 75.2 Å². The smallest absolute Gasteiger partial charge is 0.125 e. The number of halogens is 1. The molecule has 0 aromatic carbocycles. The third-order valence-corrected chi connectivity index (χ3v) is 2.29. The molecule has 60 valence electrons. The predicted octanol–water partition coefficient (Wildman–Crippen LogP) is 2.45. The first-order valence-corrected chi connectivity index (χ1v) is 4.39. The average Bonchev–Trinajstić information content (AvgIpc) is 2.05. The molecular weight excluding hydrogens is 204 g/mol. The molecule has 11 heavy (non-hydrogen) atoms. The molecule has 0 aliphatic rings. The SMILES string of the molecule is CCc1cc(NC)ncc1Br. The van der Waals surface area contributed by atoms with Crippen molar-refractivity contribution in [2.45, 2.75) is 13.3 Å². The zero-order valence-electron chi connectivity index (χ0n) is 6.69. The van der Waals surface area contributed by atoms with Crippen LogP contribution in [0.2, 0.25) is 0 Å². The first-order valence-electron chi connectivity index (χ1n) is 3.60. The summed E-state index contributed by atoms with van der Waals surface area (Å²) < 4.78 is 1.08. The molecule has 0 aliphatic carbocycles. The molecule has 0 radical (unpaired) electrons. The number of nitrogens with one attached hydrogen (secondary N) is 1. The Hall–Kier alpha value is -0.570. The minimum absolute atomic E-state index is 0.921. The van der Waals surface area contributed by atoms with Gasteiger partial charge in [-0.25, -0.2) is 4.98 Å². The van der Waals surface area contributed by atoms with Gasteiger partial charge in [0.25, 0.3) is 0 Å². The van der Waals surface area contributed by atoms with Gasteiger partial charge in [-0.15, -0.1) is 0 Å². The Morgan fingerprint density at radius 1 is 1.64 bits per heavy atom. The van der Waals surface area contributed by atoms with Crippen molar-refractivity contribution in [1.82, 2.24) is 4.98 Å². The van der Waals surface area contributed by atoms with Crippen molar-refractivity contribution in [2.75, 3.05) is 12.4 Å². The van der Waals surface area contributed by atoms with Crippen molar-refractivity contribution in [2.24, 2.45) is 0 Å². The number of nitrogens with zero attached hydrogens (tertiary/aromatic N) is 1. The van der Waals surface area contributed by atoms with E-state index in [1.165, 1.54) is 5.56 Å². The highest BCUT2D eigenvalue weighted by molar-refractivity contribution is 9.10. The van der Waals surface area contributed by atoms with Gasteiger partial charge in [-0.1, -0.05) is 6.92 Å². The number of aryl methyl sites for hydroxylation is 1. The first-order chi connectivity index (χ1) is 5.27. The van der Waals surface area contributed by atoms with Gasteiger partial charge in [-0.2, -0.15) is 0 Å². The molecule has 0 saturated heterocycles. The zero-order valence-corrected chi connectivity index (χ0v) is 8.27. The summed E-state index contributed by atoms with van der Waals surface area (Å²) in [6, 6.07) is 2.05. The van der Waals surface area contributed by atoms with E-state index in [1.54, 1.807) is 0 Å². The van der Waals surface area contributed by atoms with Gasteiger partial charge in [-0.3, -0.25) is 0 Å². The number of anilines is 1. The fourth-order valence-electron chi connectivity index (χ4n) is 0.888. The molecule has 0 amide bonds. The Morgan fingerprint density at radius 2 is 2.36 bits per heavy atom. The number of aromatic nitrogens is 1. The summed E-state index contributed by atoms with van der Waals surface area (Å²) in [5.74, 6) is 0.921. The molecule has 0 fully saturated rings. The molecule has 0 atom stereocenters. The van der Waals surface area contributed by atoms with E-state index in [2.05, 4.69) is 33.2 Å². The van der Waals surface area contributed by atoms with Crippen LogP contribution in [-0.4, -0.2) is 12.0 Å². The molecular formula is C8H11BrN2. The van der Waals surface area contributed by atoms with Gasteiger partial charge in [0.2, 0.25) is 0 Å². The van der Waals surface area contributed by atoms with Crippen LogP contribution in [0.4, 0.5) is 5.82 Å². The summed E-state index contributed by atoms with van der Waals surface area (Å²) in [5.41, 5.74) is 1.28. The molecule has 0 unspecified atom stereocenters. The third-order valence-electron chi connectivity index (χ3n) is 1.57. The van der Waals surface area contributed by atoms with Crippen molar-refractivity contribution in [3.05, 3.63) is 22.3 Å². The molecule has 1 aromatic rings. The Bertz CT molecular complexity index is 248. The van der Waals surface area contributed by atoms with Gasteiger partial charge in [0, 0.05) is 17.7 Å². The molecule has 3 heteroatoms. The first kappa shape index (κ1) is 8.53. The fourth-order valence-corrected chi connectivity index (χ4v) is 1.39. The van der Waals surface area contributed by atoms with E-state index in [4.69, 9.17) is 0 Å². The quantitative estimate of drug-likeness (QED) is 0.819. The van der Waals surface area contributed by atoms with Crippen LogP contribution in [0.1, 0.15) is 12.5 Å². The van der Waals surface area contributed by atoms with Crippen LogP contribution in [0.5, 0.6) is 0 Å². The van der Waals surface area contributed by atoms with Crippen LogP contribution < -0.4 is 5.32 Å². The predicted molar refractivity (Wildman–Crippen MR) is 50.9 cm³/mol. The summed E-state index contributed by atoms with van der Waals surface area (Å²) >= 11 is 3.43. The number of pyridine rings is 1. The highest BCUT2D eigenvalue weighted by Gasteiger charge is 1.98. The van der Waals surface area contributed by atoms with E-state index >= 15 is 0 Å². The van der Waals surface area contributed by atoms with Gasteiger partial charge < -0.3 is 5.32 Å². The van der Waals surface area contributed by atoms with Crippen molar-refractivity contribution in [3.63, 3.8) is 0 Å². The van der Waals surface area contributed by atoms with Crippen molar-refractivity contribution in [3.8, 4) is 0 Å². The Balaban J connectivity index is 3.02. The summed E-state index contributed by atoms with van der Waals surface area (Å²) in [6.45, 7) is 2.12. The minimum atomic E-state index is 0.921. The lowest BCUT2D eigenvalue weighted by Crippen LogP contribution is -1.93. The second-order valence-electron chi connectivity index (χ2n) is 2.26. The standard InChI is InChI=1S/C8H11BrN2/c1-3-6-4-8(10-2)11-5-7(6)9/h4-5H,3H2,1-2H3,(H,10,11). The lowest BCUT2D eigenvalue weighted by molar-refractivity contribution is 1.10. The maximum absolute atomic E-state index is 4.15. The second kappa shape index (κ2) is 3.72. The van der Waals surface area contributed by atoms with Crippen LogP contribution in [0.3, 0.4) is 0 Å². The van der Waals surface area contributed by atoms with E-state index < -0.39 is 0 Å². The lowest BCUT2D eigenvalue weighted by Gasteiger charge is -2.03. The largest absolute Gasteiger partial charge is 0.373 e. The van der Waals surface area contributed by atoms with E-state index in [-0.39, 0.29) is 0 Å². The average molecular weight is 215 g/mol. The zero-order chi connectivity index (χ0) is 8.27. The van der Waals surface area contributed by atoms with Gasteiger partial charge in [0.1, 0.15) is 5.82 Å². The minimum Gasteiger partial charge on any atom is -0.373 e. The van der Waals surface area contributed by atoms with Crippen molar-refractivity contribution < 1.29 is 0 Å². The lowest BCUT2D eigenvalue weighted by atomic mass is 10.2. The van der Waals surface area contributed by atoms with Crippen molar-refractivity contribution in [1.29, 1.82) is 0 Å². The maximum atomic E-state index is 4.15. The maximum Gasteiger partial charge on any atom is 0.125 e. The molecule has 0 aliphatic heterocycles. The monoisotopic (exact) mass is 214 g/mol. The number of hydrogen-bond donors (Lipinski definition) is 1. The second-order valence-corrected chi connectivity index (χ2v) is 3.12. The highest BCUT2D eigenvalue weighted by Crippen LogP contribution is 2.18. The number of rotatable bonds is 2. The summed E-state index contributed by atoms with van der Waals surface area (Å²) in [7, 11) is 1.87.